The molecule has 0 saturated carbocycles. The van der Waals surface area contributed by atoms with Gasteiger partial charge in [-0.3, -0.25) is 4.79 Å². The fourth-order valence-corrected chi connectivity index (χ4v) is 2.11. The van der Waals surface area contributed by atoms with Crippen molar-refractivity contribution in [2.24, 2.45) is 0 Å². The van der Waals surface area contributed by atoms with Crippen LogP contribution in [-0.4, -0.2) is 36.1 Å². The number of amides is 1. The normalized spacial score (nSPS) is 10.4. The molecular formula is C17H22N4O2. The number of ether oxygens (including phenoxy) is 1. The molecule has 2 aromatic rings. The van der Waals surface area contributed by atoms with Crippen molar-refractivity contribution >= 4 is 17.4 Å². The van der Waals surface area contributed by atoms with Gasteiger partial charge in [0, 0.05) is 32.0 Å². The number of carbonyl (C=O) groups excluding carboxylic acids is 1. The summed E-state index contributed by atoms with van der Waals surface area (Å²) in [5.41, 5.74) is 2.41. The van der Waals surface area contributed by atoms with Gasteiger partial charge in [0.15, 0.2) is 0 Å². The van der Waals surface area contributed by atoms with E-state index in [0.29, 0.717) is 30.5 Å². The zero-order chi connectivity index (χ0) is 16.7. The molecule has 0 saturated heterocycles. The van der Waals surface area contributed by atoms with Gasteiger partial charge in [0.25, 0.3) is 5.91 Å². The van der Waals surface area contributed by atoms with Gasteiger partial charge in [-0.15, -0.1) is 0 Å². The van der Waals surface area contributed by atoms with Crippen LogP contribution in [0.2, 0.25) is 0 Å². The van der Waals surface area contributed by atoms with Crippen LogP contribution in [0.5, 0.6) is 0 Å². The highest BCUT2D eigenvalue weighted by molar-refractivity contribution is 5.93. The quantitative estimate of drug-likeness (QED) is 0.768. The number of methoxy groups -OCH3 is 1. The van der Waals surface area contributed by atoms with Gasteiger partial charge in [0.2, 0.25) is 0 Å². The van der Waals surface area contributed by atoms with Gasteiger partial charge < -0.3 is 15.4 Å². The molecule has 0 aliphatic rings. The zero-order valence-corrected chi connectivity index (χ0v) is 13.7. The fourth-order valence-electron chi connectivity index (χ4n) is 2.11. The number of hydrogen-bond acceptors (Lipinski definition) is 5. The summed E-state index contributed by atoms with van der Waals surface area (Å²) in [6.45, 7) is 4.95. The molecule has 2 N–H and O–H groups in total. The molecule has 122 valence electrons. The third-order valence-corrected chi connectivity index (χ3v) is 3.29. The van der Waals surface area contributed by atoms with Crippen molar-refractivity contribution in [1.29, 1.82) is 0 Å². The van der Waals surface area contributed by atoms with Crippen molar-refractivity contribution < 1.29 is 9.53 Å². The molecule has 6 nitrogen and oxygen atoms in total. The number of aryl methyl sites for hydroxylation is 2. The lowest BCUT2D eigenvalue weighted by Gasteiger charge is -2.11. The number of carbonyl (C=O) groups is 1. The van der Waals surface area contributed by atoms with E-state index < -0.39 is 0 Å². The lowest BCUT2D eigenvalue weighted by atomic mass is 10.2. The van der Waals surface area contributed by atoms with E-state index in [9.17, 15) is 4.79 Å². The van der Waals surface area contributed by atoms with E-state index in [1.165, 1.54) is 0 Å². The van der Waals surface area contributed by atoms with Gasteiger partial charge in [-0.2, -0.15) is 0 Å². The largest absolute Gasteiger partial charge is 0.385 e. The number of aromatic nitrogens is 2. The Balaban J connectivity index is 2.09. The van der Waals surface area contributed by atoms with Crippen molar-refractivity contribution in [2.75, 3.05) is 25.6 Å². The summed E-state index contributed by atoms with van der Waals surface area (Å²) in [5, 5.41) is 6.06. The van der Waals surface area contributed by atoms with E-state index >= 15 is 0 Å². The third kappa shape index (κ3) is 5.03. The third-order valence-electron chi connectivity index (χ3n) is 3.29. The molecular weight excluding hydrogens is 292 g/mol. The Hall–Kier alpha value is -2.47. The topological polar surface area (TPSA) is 76.1 Å². The summed E-state index contributed by atoms with van der Waals surface area (Å²) in [5.74, 6) is 0.943. The summed E-state index contributed by atoms with van der Waals surface area (Å²) in [4.78, 5) is 20.7. The maximum Gasteiger partial charge on any atom is 0.270 e. The van der Waals surface area contributed by atoms with Crippen LogP contribution in [0.15, 0.2) is 30.3 Å². The molecule has 1 heterocycles. The van der Waals surface area contributed by atoms with Crippen molar-refractivity contribution in [3.8, 4) is 0 Å². The van der Waals surface area contributed by atoms with Crippen LogP contribution in [0, 0.1) is 13.8 Å². The van der Waals surface area contributed by atoms with Crippen LogP contribution in [0.3, 0.4) is 0 Å². The highest BCUT2D eigenvalue weighted by atomic mass is 16.5. The first-order chi connectivity index (χ1) is 11.1. The molecule has 0 spiro atoms. The maximum absolute atomic E-state index is 12.2. The molecule has 23 heavy (non-hydrogen) atoms. The van der Waals surface area contributed by atoms with Crippen LogP contribution in [0.25, 0.3) is 0 Å². The van der Waals surface area contributed by atoms with Crippen molar-refractivity contribution in [3.63, 3.8) is 0 Å². The summed E-state index contributed by atoms with van der Waals surface area (Å²) in [6.07, 6.45) is 0.765. The highest BCUT2D eigenvalue weighted by Crippen LogP contribution is 2.19. The van der Waals surface area contributed by atoms with E-state index in [-0.39, 0.29) is 5.91 Å². The highest BCUT2D eigenvalue weighted by Gasteiger charge is 2.10. The van der Waals surface area contributed by atoms with E-state index in [1.54, 1.807) is 20.1 Å². The van der Waals surface area contributed by atoms with Crippen LogP contribution >= 0.6 is 0 Å². The first kappa shape index (κ1) is 16.9. The number of nitrogens with one attached hydrogen (secondary N) is 2. The zero-order valence-electron chi connectivity index (χ0n) is 13.7. The van der Waals surface area contributed by atoms with Gasteiger partial charge in [0.1, 0.15) is 17.3 Å². The fraction of sp³-hybridized carbons (Fsp3) is 0.353. The Morgan fingerprint density at radius 2 is 2.00 bits per heavy atom. The van der Waals surface area contributed by atoms with Gasteiger partial charge in [0.05, 0.1) is 0 Å². The predicted molar refractivity (Wildman–Crippen MR) is 90.1 cm³/mol. The Labute approximate surface area is 136 Å². The molecule has 0 aliphatic heterocycles. The second-order valence-electron chi connectivity index (χ2n) is 5.23. The molecule has 0 bridgehead atoms. The van der Waals surface area contributed by atoms with Crippen LogP contribution in [-0.2, 0) is 4.74 Å². The standard InChI is InChI=1S/C17H22N4O2/c1-12-7-4-5-8-14(12)21-16-11-15(19-13(2)20-16)17(22)18-9-6-10-23-3/h4-5,7-8,11H,6,9-10H2,1-3H3,(H,18,22)(H,19,20,21). The molecule has 6 heteroatoms. The second-order valence-corrected chi connectivity index (χ2v) is 5.23. The van der Waals surface area contributed by atoms with Crippen LogP contribution < -0.4 is 10.6 Å². The smallest absolute Gasteiger partial charge is 0.270 e. The molecule has 1 aromatic carbocycles. The molecule has 0 radical (unpaired) electrons. The van der Waals surface area contributed by atoms with E-state index in [0.717, 1.165) is 17.7 Å². The number of rotatable bonds is 7. The maximum atomic E-state index is 12.2. The van der Waals surface area contributed by atoms with Gasteiger partial charge in [-0.25, -0.2) is 9.97 Å². The van der Waals surface area contributed by atoms with Crippen molar-refractivity contribution in [2.45, 2.75) is 20.3 Å². The van der Waals surface area contributed by atoms with Crippen molar-refractivity contribution in [3.05, 3.63) is 47.4 Å². The average molecular weight is 314 g/mol. The molecule has 0 aliphatic carbocycles. The van der Waals surface area contributed by atoms with Crippen molar-refractivity contribution in [1.82, 2.24) is 15.3 Å². The lowest BCUT2D eigenvalue weighted by Crippen LogP contribution is -2.26. The lowest BCUT2D eigenvalue weighted by molar-refractivity contribution is 0.0943. The number of hydrogen-bond donors (Lipinski definition) is 2. The molecule has 1 aromatic heterocycles. The Morgan fingerprint density at radius 1 is 1.22 bits per heavy atom. The number of benzene rings is 1. The molecule has 0 atom stereocenters. The second kappa shape index (κ2) is 8.24. The molecule has 1 amide bonds. The predicted octanol–water partition coefficient (Wildman–Crippen LogP) is 2.60. The van der Waals surface area contributed by atoms with Gasteiger partial charge in [-0.1, -0.05) is 18.2 Å². The first-order valence-corrected chi connectivity index (χ1v) is 7.55. The summed E-state index contributed by atoms with van der Waals surface area (Å²) in [6, 6.07) is 9.57. The summed E-state index contributed by atoms with van der Waals surface area (Å²) >= 11 is 0. The van der Waals surface area contributed by atoms with Gasteiger partial charge in [-0.05, 0) is 31.9 Å². The summed E-state index contributed by atoms with van der Waals surface area (Å²) in [7, 11) is 1.64. The Kier molecular flexibility index (Phi) is 6.05. The molecule has 0 fully saturated rings. The number of anilines is 2. The Morgan fingerprint density at radius 3 is 2.74 bits per heavy atom. The van der Waals surface area contributed by atoms with Crippen LogP contribution in [0.1, 0.15) is 28.3 Å². The Bertz CT molecular complexity index is 673. The minimum Gasteiger partial charge on any atom is -0.385 e. The minimum absolute atomic E-state index is 0.209. The number of para-hydroxylation sites is 1. The van der Waals surface area contributed by atoms with E-state index in [1.807, 2.05) is 31.2 Å². The molecule has 0 unspecified atom stereocenters. The van der Waals surface area contributed by atoms with E-state index in [2.05, 4.69) is 20.6 Å². The monoisotopic (exact) mass is 314 g/mol. The number of nitrogens with zero attached hydrogens (tertiary/aromatic N) is 2. The minimum atomic E-state index is -0.209. The van der Waals surface area contributed by atoms with E-state index in [4.69, 9.17) is 4.74 Å². The average Bonchev–Trinajstić information content (AvgIpc) is 2.53. The first-order valence-electron chi connectivity index (χ1n) is 7.55. The SMILES string of the molecule is COCCCNC(=O)c1cc(Nc2ccccc2C)nc(C)n1. The summed E-state index contributed by atoms with van der Waals surface area (Å²) < 4.78 is 4.96. The van der Waals surface area contributed by atoms with Crippen LogP contribution in [0.4, 0.5) is 11.5 Å². The van der Waals surface area contributed by atoms with Gasteiger partial charge >= 0.3 is 0 Å². The molecule has 2 rings (SSSR count).